The van der Waals surface area contributed by atoms with Gasteiger partial charge in [-0.15, -0.1) is 0 Å². The van der Waals surface area contributed by atoms with E-state index < -0.39 is 0 Å². The van der Waals surface area contributed by atoms with E-state index in [9.17, 15) is 4.39 Å². The molecular formula is C17H19FN2O. The standard InChI is InChI=1S/C17H19FN2O/c1-21-17-8-7-14(18)13-16(17)20-11-9-19(10-12-20)15-5-3-2-4-6-15/h2-8,13H,9-12H2,1H3. The molecule has 0 aliphatic carbocycles. The topological polar surface area (TPSA) is 15.7 Å². The fourth-order valence-corrected chi connectivity index (χ4v) is 2.75. The van der Waals surface area contributed by atoms with Crippen LogP contribution in [0.4, 0.5) is 15.8 Å². The third-order valence-electron chi connectivity index (χ3n) is 3.88. The van der Waals surface area contributed by atoms with Gasteiger partial charge in [-0.1, -0.05) is 18.2 Å². The van der Waals surface area contributed by atoms with Crippen molar-refractivity contribution in [1.82, 2.24) is 0 Å². The first kappa shape index (κ1) is 13.7. The van der Waals surface area contributed by atoms with Gasteiger partial charge in [-0.05, 0) is 24.3 Å². The predicted molar refractivity (Wildman–Crippen MR) is 83.8 cm³/mol. The first-order valence-corrected chi connectivity index (χ1v) is 7.16. The zero-order valence-corrected chi connectivity index (χ0v) is 12.1. The maximum absolute atomic E-state index is 13.5. The van der Waals surface area contributed by atoms with Gasteiger partial charge < -0.3 is 14.5 Å². The van der Waals surface area contributed by atoms with Crippen LogP contribution in [0.1, 0.15) is 0 Å². The number of methoxy groups -OCH3 is 1. The fraction of sp³-hybridized carbons (Fsp3) is 0.294. The van der Waals surface area contributed by atoms with Crippen LogP contribution >= 0.6 is 0 Å². The molecule has 3 nitrogen and oxygen atoms in total. The average Bonchev–Trinajstić information content (AvgIpc) is 2.56. The van der Waals surface area contributed by atoms with E-state index in [0.717, 1.165) is 37.6 Å². The number of anilines is 2. The van der Waals surface area contributed by atoms with Crippen LogP contribution in [0.2, 0.25) is 0 Å². The molecule has 1 saturated heterocycles. The second-order valence-electron chi connectivity index (χ2n) is 5.13. The van der Waals surface area contributed by atoms with Gasteiger partial charge in [0.1, 0.15) is 11.6 Å². The van der Waals surface area contributed by atoms with Crippen LogP contribution in [-0.2, 0) is 0 Å². The Morgan fingerprint density at radius 1 is 0.905 bits per heavy atom. The zero-order chi connectivity index (χ0) is 14.7. The molecule has 1 aliphatic rings. The summed E-state index contributed by atoms with van der Waals surface area (Å²) in [5, 5.41) is 0. The molecule has 4 heteroatoms. The van der Waals surface area contributed by atoms with E-state index in [-0.39, 0.29) is 5.82 Å². The number of benzene rings is 2. The highest BCUT2D eigenvalue weighted by Gasteiger charge is 2.20. The molecule has 0 atom stereocenters. The third-order valence-corrected chi connectivity index (χ3v) is 3.88. The van der Waals surface area contributed by atoms with Crippen molar-refractivity contribution in [3.8, 4) is 5.75 Å². The highest BCUT2D eigenvalue weighted by atomic mass is 19.1. The summed E-state index contributed by atoms with van der Waals surface area (Å²) in [7, 11) is 1.62. The molecular weight excluding hydrogens is 267 g/mol. The number of halogens is 1. The maximum Gasteiger partial charge on any atom is 0.142 e. The lowest BCUT2D eigenvalue weighted by atomic mass is 10.2. The molecule has 0 spiro atoms. The first-order chi connectivity index (χ1) is 10.3. The molecule has 0 bridgehead atoms. The molecule has 0 amide bonds. The Morgan fingerprint density at radius 2 is 1.57 bits per heavy atom. The van der Waals surface area contributed by atoms with E-state index in [0.29, 0.717) is 0 Å². The number of para-hydroxylation sites is 1. The number of piperazine rings is 1. The molecule has 0 N–H and O–H groups in total. The van der Waals surface area contributed by atoms with Crippen LogP contribution in [-0.4, -0.2) is 33.3 Å². The highest BCUT2D eigenvalue weighted by molar-refractivity contribution is 5.60. The van der Waals surface area contributed by atoms with E-state index >= 15 is 0 Å². The minimum absolute atomic E-state index is 0.226. The monoisotopic (exact) mass is 286 g/mol. The van der Waals surface area contributed by atoms with Crippen molar-refractivity contribution in [3.63, 3.8) is 0 Å². The van der Waals surface area contributed by atoms with Crippen LogP contribution in [0.5, 0.6) is 5.75 Å². The van der Waals surface area contributed by atoms with Crippen molar-refractivity contribution in [2.75, 3.05) is 43.1 Å². The summed E-state index contributed by atoms with van der Waals surface area (Å²) in [5.41, 5.74) is 2.08. The summed E-state index contributed by atoms with van der Waals surface area (Å²) in [6.07, 6.45) is 0. The Labute approximate surface area is 124 Å². The minimum atomic E-state index is -0.226. The maximum atomic E-state index is 13.5. The summed E-state index contributed by atoms with van der Waals surface area (Å²) >= 11 is 0. The van der Waals surface area contributed by atoms with Gasteiger partial charge in [0, 0.05) is 37.9 Å². The molecule has 110 valence electrons. The molecule has 0 aromatic heterocycles. The van der Waals surface area contributed by atoms with Crippen LogP contribution in [0, 0.1) is 5.82 Å². The van der Waals surface area contributed by atoms with Crippen LogP contribution in [0.3, 0.4) is 0 Å². The van der Waals surface area contributed by atoms with Gasteiger partial charge in [-0.3, -0.25) is 0 Å². The smallest absolute Gasteiger partial charge is 0.142 e. The van der Waals surface area contributed by atoms with Crippen molar-refractivity contribution in [1.29, 1.82) is 0 Å². The zero-order valence-electron chi connectivity index (χ0n) is 12.1. The van der Waals surface area contributed by atoms with E-state index in [1.165, 1.54) is 11.8 Å². The Kier molecular flexibility index (Phi) is 3.95. The Balaban J connectivity index is 1.73. The molecule has 1 fully saturated rings. The molecule has 1 aliphatic heterocycles. The summed E-state index contributed by atoms with van der Waals surface area (Å²) in [4.78, 5) is 4.53. The van der Waals surface area contributed by atoms with Crippen molar-refractivity contribution in [2.45, 2.75) is 0 Å². The van der Waals surface area contributed by atoms with Crippen LogP contribution < -0.4 is 14.5 Å². The van der Waals surface area contributed by atoms with E-state index in [4.69, 9.17) is 4.74 Å². The summed E-state index contributed by atoms with van der Waals surface area (Å²) in [6, 6.07) is 15.1. The summed E-state index contributed by atoms with van der Waals surface area (Å²) in [6.45, 7) is 3.55. The number of ether oxygens (including phenoxy) is 1. The van der Waals surface area contributed by atoms with Gasteiger partial charge in [-0.2, -0.15) is 0 Å². The van der Waals surface area contributed by atoms with Crippen molar-refractivity contribution < 1.29 is 9.13 Å². The Morgan fingerprint density at radius 3 is 2.24 bits per heavy atom. The molecule has 0 saturated carbocycles. The van der Waals surface area contributed by atoms with Gasteiger partial charge in [0.25, 0.3) is 0 Å². The molecule has 0 radical (unpaired) electrons. The summed E-state index contributed by atoms with van der Waals surface area (Å²) in [5.74, 6) is 0.501. The quantitative estimate of drug-likeness (QED) is 0.862. The normalized spacial score (nSPS) is 15.1. The van der Waals surface area contributed by atoms with Gasteiger partial charge in [0.15, 0.2) is 0 Å². The summed E-state index contributed by atoms with van der Waals surface area (Å²) < 4.78 is 18.8. The second kappa shape index (κ2) is 6.04. The number of nitrogens with zero attached hydrogens (tertiary/aromatic N) is 2. The van der Waals surface area contributed by atoms with Gasteiger partial charge in [0.2, 0.25) is 0 Å². The van der Waals surface area contributed by atoms with E-state index in [2.05, 4.69) is 34.1 Å². The van der Waals surface area contributed by atoms with E-state index in [1.807, 2.05) is 6.07 Å². The molecule has 2 aromatic rings. The van der Waals surface area contributed by atoms with E-state index in [1.54, 1.807) is 19.2 Å². The molecule has 0 unspecified atom stereocenters. The van der Waals surface area contributed by atoms with Crippen LogP contribution in [0.25, 0.3) is 0 Å². The lowest BCUT2D eigenvalue weighted by Crippen LogP contribution is -2.46. The lowest BCUT2D eigenvalue weighted by Gasteiger charge is -2.37. The van der Waals surface area contributed by atoms with Crippen LogP contribution in [0.15, 0.2) is 48.5 Å². The SMILES string of the molecule is COc1ccc(F)cc1N1CCN(c2ccccc2)CC1. The lowest BCUT2D eigenvalue weighted by molar-refractivity contribution is 0.412. The fourth-order valence-electron chi connectivity index (χ4n) is 2.75. The number of rotatable bonds is 3. The first-order valence-electron chi connectivity index (χ1n) is 7.16. The predicted octanol–water partition coefficient (Wildman–Crippen LogP) is 3.16. The average molecular weight is 286 g/mol. The molecule has 3 rings (SSSR count). The highest BCUT2D eigenvalue weighted by Crippen LogP contribution is 2.30. The third kappa shape index (κ3) is 2.94. The second-order valence-corrected chi connectivity index (χ2v) is 5.13. The molecule has 2 aromatic carbocycles. The number of hydrogen-bond donors (Lipinski definition) is 0. The Bertz CT molecular complexity index is 595. The van der Waals surface area contributed by atoms with Gasteiger partial charge in [0.05, 0.1) is 12.8 Å². The van der Waals surface area contributed by atoms with Gasteiger partial charge >= 0.3 is 0 Å². The van der Waals surface area contributed by atoms with Gasteiger partial charge in [-0.25, -0.2) is 4.39 Å². The molecule has 21 heavy (non-hydrogen) atoms. The number of hydrogen-bond acceptors (Lipinski definition) is 3. The van der Waals surface area contributed by atoms with Crippen molar-refractivity contribution in [2.24, 2.45) is 0 Å². The largest absolute Gasteiger partial charge is 0.495 e. The molecule has 1 heterocycles. The van der Waals surface area contributed by atoms with Crippen molar-refractivity contribution in [3.05, 3.63) is 54.3 Å². The Hall–Kier alpha value is -2.23. The van der Waals surface area contributed by atoms with Crippen molar-refractivity contribution >= 4 is 11.4 Å². The minimum Gasteiger partial charge on any atom is -0.495 e.